The third-order valence-corrected chi connectivity index (χ3v) is 4.95. The molecule has 0 aliphatic rings. The average Bonchev–Trinajstić information content (AvgIpc) is 2.91. The smallest absolute Gasteiger partial charge is 0.270 e. The van der Waals surface area contributed by atoms with Crippen molar-refractivity contribution in [3.8, 4) is 5.75 Å². The minimum absolute atomic E-state index is 0.0444. The van der Waals surface area contributed by atoms with Crippen LogP contribution >= 0.6 is 11.3 Å². The van der Waals surface area contributed by atoms with Crippen LogP contribution < -0.4 is 4.72 Å². The molecule has 0 spiro atoms. The van der Waals surface area contributed by atoms with E-state index in [4.69, 9.17) is 0 Å². The van der Waals surface area contributed by atoms with Gasteiger partial charge in [0.05, 0.1) is 14.5 Å². The van der Waals surface area contributed by atoms with Gasteiger partial charge in [-0.15, -0.1) is 0 Å². The molecule has 3 aromatic rings. The van der Waals surface area contributed by atoms with Crippen LogP contribution in [0.5, 0.6) is 5.75 Å². The van der Waals surface area contributed by atoms with Crippen molar-refractivity contribution in [1.29, 1.82) is 0 Å². The number of aromatic hydroxyl groups is 1. The van der Waals surface area contributed by atoms with E-state index >= 15 is 0 Å². The molecule has 1 heterocycles. The molecule has 7 nitrogen and oxygen atoms in total. The number of fused-ring (bicyclic) bond motifs is 1. The van der Waals surface area contributed by atoms with Crippen LogP contribution in [0, 0.1) is 10.1 Å². The molecule has 3 rings (SSSR count). The molecule has 0 saturated carbocycles. The number of phenols is 1. The van der Waals surface area contributed by atoms with Gasteiger partial charge in [0.25, 0.3) is 5.69 Å². The molecule has 1 unspecified atom stereocenters. The summed E-state index contributed by atoms with van der Waals surface area (Å²) >= 11 is 1.24. The molecular formula is C13H9N3O4S2. The van der Waals surface area contributed by atoms with Gasteiger partial charge < -0.3 is 5.11 Å². The SMILES string of the molecule is O=[N+]([O-])c1cccc(S(=O)Nc2nc3c(O)cccc3s2)c1. The third-order valence-electron chi connectivity index (χ3n) is 2.82. The van der Waals surface area contributed by atoms with Gasteiger partial charge in [0.15, 0.2) is 16.1 Å². The molecule has 1 aromatic heterocycles. The number of nitrogens with one attached hydrogen (secondary N) is 1. The maximum absolute atomic E-state index is 12.2. The summed E-state index contributed by atoms with van der Waals surface area (Å²) in [7, 11) is -1.68. The number of aromatic nitrogens is 1. The zero-order chi connectivity index (χ0) is 15.7. The van der Waals surface area contributed by atoms with Gasteiger partial charge in [0.2, 0.25) is 0 Å². The number of benzene rings is 2. The van der Waals surface area contributed by atoms with Crippen LogP contribution in [-0.4, -0.2) is 19.2 Å². The molecule has 1 atom stereocenters. The van der Waals surface area contributed by atoms with Gasteiger partial charge in [-0.1, -0.05) is 23.5 Å². The lowest BCUT2D eigenvalue weighted by Crippen LogP contribution is -2.04. The summed E-state index contributed by atoms with van der Waals surface area (Å²) in [4.78, 5) is 14.6. The van der Waals surface area contributed by atoms with Crippen molar-refractivity contribution < 1.29 is 14.2 Å². The van der Waals surface area contributed by atoms with Gasteiger partial charge in [-0.25, -0.2) is 9.19 Å². The summed E-state index contributed by atoms with van der Waals surface area (Å²) in [6, 6.07) is 10.6. The Labute approximate surface area is 131 Å². The molecule has 0 bridgehead atoms. The first kappa shape index (κ1) is 14.4. The molecule has 0 aliphatic heterocycles. The van der Waals surface area contributed by atoms with Crippen molar-refractivity contribution in [3.05, 3.63) is 52.6 Å². The van der Waals surface area contributed by atoms with Gasteiger partial charge in [-0.2, -0.15) is 0 Å². The van der Waals surface area contributed by atoms with E-state index in [2.05, 4.69) is 9.71 Å². The Hall–Kier alpha value is -2.52. The third kappa shape index (κ3) is 2.76. The van der Waals surface area contributed by atoms with Gasteiger partial charge in [0.1, 0.15) is 11.3 Å². The van der Waals surface area contributed by atoms with E-state index in [-0.39, 0.29) is 16.3 Å². The predicted octanol–water partition coefficient (Wildman–Crippen LogP) is 3.04. The van der Waals surface area contributed by atoms with Crippen LogP contribution in [0.3, 0.4) is 0 Å². The molecule has 0 amide bonds. The Kier molecular flexibility index (Phi) is 3.73. The lowest BCUT2D eigenvalue weighted by atomic mass is 10.3. The molecule has 2 aromatic carbocycles. The van der Waals surface area contributed by atoms with Crippen molar-refractivity contribution in [3.63, 3.8) is 0 Å². The largest absolute Gasteiger partial charge is 0.506 e. The summed E-state index contributed by atoms with van der Waals surface area (Å²) < 4.78 is 15.7. The second kappa shape index (κ2) is 5.70. The number of nitro benzene ring substituents is 1. The maximum atomic E-state index is 12.2. The number of rotatable bonds is 4. The highest BCUT2D eigenvalue weighted by Crippen LogP contribution is 2.32. The van der Waals surface area contributed by atoms with E-state index in [0.717, 1.165) is 4.70 Å². The molecule has 0 radical (unpaired) electrons. The summed E-state index contributed by atoms with van der Waals surface area (Å²) in [5.41, 5.74) is 0.292. The summed E-state index contributed by atoms with van der Waals surface area (Å²) in [6.07, 6.45) is 0. The zero-order valence-electron chi connectivity index (χ0n) is 10.9. The zero-order valence-corrected chi connectivity index (χ0v) is 12.6. The van der Waals surface area contributed by atoms with E-state index in [9.17, 15) is 19.4 Å². The van der Waals surface area contributed by atoms with Crippen LogP contribution in [0.2, 0.25) is 0 Å². The fraction of sp³-hybridized carbons (Fsp3) is 0. The Morgan fingerprint density at radius 1 is 1.27 bits per heavy atom. The van der Waals surface area contributed by atoms with Crippen LogP contribution in [0.15, 0.2) is 47.4 Å². The molecule has 112 valence electrons. The summed E-state index contributed by atoms with van der Waals surface area (Å²) in [6.45, 7) is 0. The van der Waals surface area contributed by atoms with Crippen LogP contribution in [0.25, 0.3) is 10.2 Å². The Morgan fingerprint density at radius 2 is 2.05 bits per heavy atom. The standard InChI is InChI=1S/C13H9N3O4S2/c17-10-5-2-6-11-12(10)14-13(21-11)15-22(20)9-4-1-3-8(7-9)16(18)19/h1-7,17H,(H,14,15). The maximum Gasteiger partial charge on any atom is 0.270 e. The Morgan fingerprint density at radius 3 is 2.77 bits per heavy atom. The molecule has 9 heteroatoms. The first-order valence-electron chi connectivity index (χ1n) is 6.06. The second-order valence-corrected chi connectivity index (χ2v) is 6.51. The quantitative estimate of drug-likeness (QED) is 0.563. The highest BCUT2D eigenvalue weighted by Gasteiger charge is 2.13. The van der Waals surface area contributed by atoms with Crippen molar-refractivity contribution in [1.82, 2.24) is 4.98 Å². The van der Waals surface area contributed by atoms with Crippen LogP contribution in [0.4, 0.5) is 10.8 Å². The molecule has 2 N–H and O–H groups in total. The first-order valence-corrected chi connectivity index (χ1v) is 8.02. The van der Waals surface area contributed by atoms with Gasteiger partial charge in [-0.05, 0) is 18.2 Å². The minimum Gasteiger partial charge on any atom is -0.506 e. The van der Waals surface area contributed by atoms with Crippen LogP contribution in [0.1, 0.15) is 0 Å². The molecule has 0 fully saturated rings. The number of hydrogen-bond acceptors (Lipinski definition) is 6. The van der Waals surface area contributed by atoms with E-state index in [0.29, 0.717) is 10.6 Å². The van der Waals surface area contributed by atoms with E-state index in [1.807, 2.05) is 0 Å². The number of phenolic OH excluding ortho intramolecular Hbond substituents is 1. The lowest BCUT2D eigenvalue weighted by molar-refractivity contribution is -0.385. The van der Waals surface area contributed by atoms with E-state index in [1.165, 1.54) is 41.7 Å². The normalized spacial score (nSPS) is 12.2. The van der Waals surface area contributed by atoms with Crippen molar-refractivity contribution in [2.24, 2.45) is 0 Å². The second-order valence-electron chi connectivity index (χ2n) is 4.27. The number of anilines is 1. The number of para-hydroxylation sites is 1. The minimum atomic E-state index is -1.68. The topological polar surface area (TPSA) is 105 Å². The molecule has 0 aliphatic carbocycles. The monoisotopic (exact) mass is 335 g/mol. The van der Waals surface area contributed by atoms with E-state index < -0.39 is 15.9 Å². The fourth-order valence-electron chi connectivity index (χ4n) is 1.83. The first-order chi connectivity index (χ1) is 10.5. The Balaban J connectivity index is 1.88. The summed E-state index contributed by atoms with van der Waals surface area (Å²) in [5, 5.41) is 20.8. The van der Waals surface area contributed by atoms with Gasteiger partial charge in [0, 0.05) is 12.1 Å². The fourth-order valence-corrected chi connectivity index (χ4v) is 3.71. The van der Waals surface area contributed by atoms with Crippen molar-refractivity contribution >= 4 is 43.4 Å². The van der Waals surface area contributed by atoms with Gasteiger partial charge in [-0.3, -0.25) is 14.8 Å². The van der Waals surface area contributed by atoms with Crippen molar-refractivity contribution in [2.75, 3.05) is 4.72 Å². The molecular weight excluding hydrogens is 326 g/mol. The number of nitrogens with zero attached hydrogens (tertiary/aromatic N) is 2. The summed E-state index contributed by atoms with van der Waals surface area (Å²) in [5.74, 6) is 0.0444. The highest BCUT2D eigenvalue weighted by atomic mass is 32.2. The number of nitro groups is 1. The predicted molar refractivity (Wildman–Crippen MR) is 84.4 cm³/mol. The highest BCUT2D eigenvalue weighted by molar-refractivity contribution is 7.86. The number of hydrogen-bond donors (Lipinski definition) is 2. The Bertz CT molecular complexity index is 894. The number of thiazole rings is 1. The molecule has 22 heavy (non-hydrogen) atoms. The average molecular weight is 335 g/mol. The van der Waals surface area contributed by atoms with E-state index in [1.54, 1.807) is 12.1 Å². The lowest BCUT2D eigenvalue weighted by Gasteiger charge is -2.02. The van der Waals surface area contributed by atoms with Gasteiger partial charge >= 0.3 is 0 Å². The number of non-ortho nitro benzene ring substituents is 1. The van der Waals surface area contributed by atoms with Crippen LogP contribution in [-0.2, 0) is 11.0 Å². The molecule has 0 saturated heterocycles. The van der Waals surface area contributed by atoms with Crippen molar-refractivity contribution in [2.45, 2.75) is 4.90 Å².